The molecule has 6 heteroatoms. The number of fused-ring (bicyclic) bond motifs is 1. The van der Waals surface area contributed by atoms with Crippen LogP contribution in [0.2, 0.25) is 0 Å². The van der Waals surface area contributed by atoms with Gasteiger partial charge in [0.05, 0.1) is 18.8 Å². The molecule has 1 aliphatic carbocycles. The third kappa shape index (κ3) is 2.54. The third-order valence-corrected chi connectivity index (χ3v) is 4.59. The molecular weight excluding hydrogens is 262 g/mol. The monoisotopic (exact) mass is 283 g/mol. The van der Waals surface area contributed by atoms with Crippen LogP contribution in [0.1, 0.15) is 38.5 Å². The molecule has 0 radical (unpaired) electrons. The van der Waals surface area contributed by atoms with E-state index in [-0.39, 0.29) is 18.1 Å². The number of carboxylic acids is 1. The Morgan fingerprint density at radius 1 is 1.05 bits per heavy atom. The summed E-state index contributed by atoms with van der Waals surface area (Å²) >= 11 is 0. The molecule has 6 nitrogen and oxygen atoms in total. The van der Waals surface area contributed by atoms with Gasteiger partial charge in [-0.15, -0.1) is 0 Å². The minimum atomic E-state index is -0.974. The number of rotatable bonds is 2. The van der Waals surface area contributed by atoms with Gasteiger partial charge in [0.25, 0.3) is 5.91 Å². The van der Waals surface area contributed by atoms with Crippen LogP contribution >= 0.6 is 0 Å². The summed E-state index contributed by atoms with van der Waals surface area (Å²) in [6.45, 7) is 1.17. The number of aliphatic carboxylic acids is 1. The van der Waals surface area contributed by atoms with Crippen LogP contribution < -0.4 is 0 Å². The minimum absolute atomic E-state index is 0.0473. The average molecular weight is 283 g/mol. The number of ether oxygens (including phenoxy) is 2. The van der Waals surface area contributed by atoms with Crippen LogP contribution in [0.25, 0.3) is 0 Å². The number of nitrogens with zero attached hydrogens (tertiary/aromatic N) is 1. The van der Waals surface area contributed by atoms with Crippen LogP contribution in [0.15, 0.2) is 0 Å². The van der Waals surface area contributed by atoms with Crippen molar-refractivity contribution < 1.29 is 24.2 Å². The highest BCUT2D eigenvalue weighted by atomic mass is 16.5. The lowest BCUT2D eigenvalue weighted by Gasteiger charge is -2.44. The molecule has 0 aromatic heterocycles. The van der Waals surface area contributed by atoms with E-state index in [2.05, 4.69) is 0 Å². The Labute approximate surface area is 118 Å². The lowest BCUT2D eigenvalue weighted by molar-refractivity contribution is -0.164. The lowest BCUT2D eigenvalue weighted by Crippen LogP contribution is -2.57. The summed E-state index contributed by atoms with van der Waals surface area (Å²) in [5.41, 5.74) is 0. The van der Waals surface area contributed by atoms with Gasteiger partial charge in [-0.1, -0.05) is 12.8 Å². The van der Waals surface area contributed by atoms with Crippen molar-refractivity contribution in [2.75, 3.05) is 13.2 Å². The summed E-state index contributed by atoms with van der Waals surface area (Å²) in [7, 11) is 0. The van der Waals surface area contributed by atoms with Crippen molar-refractivity contribution in [3.8, 4) is 0 Å². The number of morpholine rings is 1. The Hall–Kier alpha value is -1.14. The molecule has 3 rings (SSSR count). The third-order valence-electron chi connectivity index (χ3n) is 4.59. The van der Waals surface area contributed by atoms with Gasteiger partial charge in [0, 0.05) is 6.54 Å². The quantitative estimate of drug-likeness (QED) is 0.811. The maximum absolute atomic E-state index is 12.6. The van der Waals surface area contributed by atoms with Gasteiger partial charge >= 0.3 is 5.97 Å². The minimum Gasteiger partial charge on any atom is -0.479 e. The highest BCUT2D eigenvalue weighted by molar-refractivity contribution is 5.83. The molecule has 1 amide bonds. The van der Waals surface area contributed by atoms with Crippen molar-refractivity contribution in [1.82, 2.24) is 4.90 Å². The first-order valence-corrected chi connectivity index (χ1v) is 7.47. The zero-order valence-corrected chi connectivity index (χ0v) is 11.5. The largest absolute Gasteiger partial charge is 0.479 e. The summed E-state index contributed by atoms with van der Waals surface area (Å²) in [5.74, 6) is -1.02. The van der Waals surface area contributed by atoms with Gasteiger partial charge in [-0.3, -0.25) is 4.79 Å². The number of amides is 1. The molecule has 0 spiro atoms. The van der Waals surface area contributed by atoms with Gasteiger partial charge in [0.1, 0.15) is 6.10 Å². The predicted molar refractivity (Wildman–Crippen MR) is 69.2 cm³/mol. The normalized spacial score (nSPS) is 37.5. The van der Waals surface area contributed by atoms with Crippen LogP contribution in [-0.4, -0.2) is 59.4 Å². The predicted octanol–water partition coefficient (Wildman–Crippen LogP) is 0.789. The smallest absolute Gasteiger partial charge is 0.332 e. The van der Waals surface area contributed by atoms with Crippen LogP contribution in [0.3, 0.4) is 0 Å². The van der Waals surface area contributed by atoms with E-state index in [0.717, 1.165) is 25.7 Å². The first kappa shape index (κ1) is 13.8. The molecule has 112 valence electrons. The fraction of sp³-hybridized carbons (Fsp3) is 0.857. The molecule has 20 heavy (non-hydrogen) atoms. The fourth-order valence-corrected chi connectivity index (χ4v) is 3.56. The number of carbonyl (C=O) groups excluding carboxylic acids is 1. The molecule has 2 unspecified atom stereocenters. The van der Waals surface area contributed by atoms with Gasteiger partial charge in [0.15, 0.2) is 6.10 Å². The van der Waals surface area contributed by atoms with E-state index >= 15 is 0 Å². The molecule has 1 N–H and O–H groups in total. The Balaban J connectivity index is 1.65. The molecule has 3 aliphatic rings. The van der Waals surface area contributed by atoms with E-state index in [1.54, 1.807) is 0 Å². The van der Waals surface area contributed by atoms with Crippen molar-refractivity contribution >= 4 is 11.9 Å². The second-order valence-electron chi connectivity index (χ2n) is 5.82. The lowest BCUT2D eigenvalue weighted by atomic mass is 9.89. The zero-order chi connectivity index (χ0) is 14.1. The Bertz CT molecular complexity index is 397. The SMILES string of the molecule is O=C(O)[C@H]1CC[C@@H](C(=O)N2CCOC3CCCCC32)O1. The Morgan fingerprint density at radius 3 is 2.55 bits per heavy atom. The summed E-state index contributed by atoms with van der Waals surface area (Å²) in [6.07, 6.45) is 3.93. The average Bonchev–Trinajstić information content (AvgIpc) is 2.96. The second-order valence-corrected chi connectivity index (χ2v) is 5.82. The van der Waals surface area contributed by atoms with Crippen molar-refractivity contribution in [2.45, 2.75) is 62.9 Å². The molecule has 0 aromatic rings. The number of hydrogen-bond acceptors (Lipinski definition) is 4. The number of carbonyl (C=O) groups is 2. The summed E-state index contributed by atoms with van der Waals surface area (Å²) in [4.78, 5) is 25.4. The van der Waals surface area contributed by atoms with E-state index in [4.69, 9.17) is 14.6 Å². The molecule has 2 aliphatic heterocycles. The number of hydrogen-bond donors (Lipinski definition) is 1. The molecule has 3 fully saturated rings. The van der Waals surface area contributed by atoms with E-state index in [0.29, 0.717) is 26.0 Å². The van der Waals surface area contributed by atoms with E-state index in [1.807, 2.05) is 4.90 Å². The molecular formula is C14H21NO5. The standard InChI is InChI=1S/C14H21NO5/c16-13(11-5-6-12(20-11)14(17)18)15-7-8-19-10-4-2-1-3-9(10)15/h9-12H,1-8H2,(H,17,18)/t9?,10?,11-,12+/m0/s1. The van der Waals surface area contributed by atoms with Crippen molar-refractivity contribution in [3.63, 3.8) is 0 Å². The highest BCUT2D eigenvalue weighted by Crippen LogP contribution is 2.30. The Kier molecular flexibility index (Phi) is 3.94. The first-order chi connectivity index (χ1) is 9.66. The summed E-state index contributed by atoms with van der Waals surface area (Å²) in [5, 5.41) is 8.94. The maximum atomic E-state index is 12.6. The van der Waals surface area contributed by atoms with Crippen LogP contribution in [0.5, 0.6) is 0 Å². The molecule has 2 heterocycles. The maximum Gasteiger partial charge on any atom is 0.332 e. The number of carboxylic acid groups (broad SMARTS) is 1. The van der Waals surface area contributed by atoms with Crippen LogP contribution in [0.4, 0.5) is 0 Å². The van der Waals surface area contributed by atoms with Gasteiger partial charge in [-0.2, -0.15) is 0 Å². The van der Waals surface area contributed by atoms with Gasteiger partial charge in [0.2, 0.25) is 0 Å². The van der Waals surface area contributed by atoms with E-state index < -0.39 is 18.2 Å². The van der Waals surface area contributed by atoms with Crippen molar-refractivity contribution in [2.24, 2.45) is 0 Å². The molecule has 4 atom stereocenters. The molecule has 0 aromatic carbocycles. The van der Waals surface area contributed by atoms with E-state index in [1.165, 1.54) is 0 Å². The first-order valence-electron chi connectivity index (χ1n) is 7.47. The van der Waals surface area contributed by atoms with Gasteiger partial charge < -0.3 is 19.5 Å². The second kappa shape index (κ2) is 5.69. The molecule has 2 saturated heterocycles. The van der Waals surface area contributed by atoms with Gasteiger partial charge in [-0.25, -0.2) is 4.79 Å². The highest BCUT2D eigenvalue weighted by Gasteiger charge is 2.42. The topological polar surface area (TPSA) is 76.1 Å². The zero-order valence-electron chi connectivity index (χ0n) is 11.5. The van der Waals surface area contributed by atoms with Crippen LogP contribution in [-0.2, 0) is 19.1 Å². The van der Waals surface area contributed by atoms with Crippen molar-refractivity contribution in [1.29, 1.82) is 0 Å². The van der Waals surface area contributed by atoms with E-state index in [9.17, 15) is 9.59 Å². The fourth-order valence-electron chi connectivity index (χ4n) is 3.56. The Morgan fingerprint density at radius 2 is 1.80 bits per heavy atom. The molecule has 1 saturated carbocycles. The molecule has 0 bridgehead atoms. The van der Waals surface area contributed by atoms with Crippen LogP contribution in [0, 0.1) is 0 Å². The summed E-state index contributed by atoms with van der Waals surface area (Å²) < 4.78 is 11.1. The van der Waals surface area contributed by atoms with Crippen molar-refractivity contribution in [3.05, 3.63) is 0 Å². The summed E-state index contributed by atoms with van der Waals surface area (Å²) in [6, 6.07) is 0.150. The van der Waals surface area contributed by atoms with Gasteiger partial charge in [-0.05, 0) is 25.7 Å².